The maximum atomic E-state index is 12.8. The van der Waals surface area contributed by atoms with Crippen molar-refractivity contribution in [1.82, 2.24) is 9.80 Å². The first-order valence-electron chi connectivity index (χ1n) is 8.71. The number of carbonyl (C=O) groups is 2. The van der Waals surface area contributed by atoms with Gasteiger partial charge in [-0.1, -0.05) is 41.9 Å². The number of nitrogens with one attached hydrogen (secondary N) is 1. The third kappa shape index (κ3) is 4.46. The molecule has 1 N–H and O–H groups in total. The van der Waals surface area contributed by atoms with E-state index < -0.39 is 6.04 Å². The molecule has 0 aromatic heterocycles. The molecule has 2 aromatic carbocycles. The minimum Gasteiger partial charge on any atom is -0.332 e. The van der Waals surface area contributed by atoms with Gasteiger partial charge in [-0.25, -0.2) is 0 Å². The molecule has 1 aliphatic heterocycles. The number of halogens is 1. The number of hydrogen-bond donors (Lipinski definition) is 1. The Morgan fingerprint density at radius 1 is 1.15 bits per heavy atom. The average molecular weight is 402 g/mol. The lowest BCUT2D eigenvalue weighted by Crippen LogP contribution is -2.37. The van der Waals surface area contributed by atoms with E-state index in [0.29, 0.717) is 28.9 Å². The first-order chi connectivity index (χ1) is 13.0. The van der Waals surface area contributed by atoms with E-state index >= 15 is 0 Å². The van der Waals surface area contributed by atoms with Crippen LogP contribution in [0, 0.1) is 0 Å². The number of likely N-dealkylation sites (N-methyl/N-ethyl adjacent to an activating group) is 1. The summed E-state index contributed by atoms with van der Waals surface area (Å²) in [5.74, 6) is -0.360. The molecule has 0 saturated carbocycles. The summed E-state index contributed by atoms with van der Waals surface area (Å²) >= 11 is 11.4. The minimum absolute atomic E-state index is 0.0396. The Labute approximate surface area is 168 Å². The maximum absolute atomic E-state index is 12.8. The molecule has 27 heavy (non-hydrogen) atoms. The highest BCUT2D eigenvalue weighted by Gasteiger charge is 2.42. The Balaban J connectivity index is 1.76. The van der Waals surface area contributed by atoms with E-state index in [1.165, 1.54) is 0 Å². The fourth-order valence-electron chi connectivity index (χ4n) is 3.06. The number of amides is 2. The zero-order valence-electron chi connectivity index (χ0n) is 14.9. The summed E-state index contributed by atoms with van der Waals surface area (Å²) in [6.45, 7) is 2.80. The van der Waals surface area contributed by atoms with Crippen LogP contribution >= 0.6 is 23.8 Å². The summed E-state index contributed by atoms with van der Waals surface area (Å²) in [5, 5.41) is 3.93. The number of thiocarbonyl (C=S) groups is 1. The van der Waals surface area contributed by atoms with E-state index in [1.54, 1.807) is 17.0 Å². The lowest BCUT2D eigenvalue weighted by molar-refractivity contribution is -0.130. The largest absolute Gasteiger partial charge is 0.332 e. The highest BCUT2D eigenvalue weighted by molar-refractivity contribution is 7.80. The van der Waals surface area contributed by atoms with Crippen LogP contribution in [-0.2, 0) is 16.1 Å². The molecule has 0 unspecified atom stereocenters. The number of para-hydroxylation sites is 1. The van der Waals surface area contributed by atoms with Crippen molar-refractivity contribution < 1.29 is 9.59 Å². The number of carbonyl (C=O) groups excluding carboxylic acids is 2. The molecular weight excluding hydrogens is 382 g/mol. The van der Waals surface area contributed by atoms with Gasteiger partial charge in [-0.15, -0.1) is 0 Å². The lowest BCUT2D eigenvalue weighted by atomic mass is 10.1. The predicted octanol–water partition coefficient (Wildman–Crippen LogP) is 3.69. The summed E-state index contributed by atoms with van der Waals surface area (Å²) in [5.41, 5.74) is 1.67. The average Bonchev–Trinajstić information content (AvgIpc) is 2.87. The van der Waals surface area contributed by atoms with Gasteiger partial charge in [-0.3, -0.25) is 14.5 Å². The first-order valence-corrected chi connectivity index (χ1v) is 9.49. The highest BCUT2D eigenvalue weighted by Crippen LogP contribution is 2.24. The number of anilines is 1. The molecule has 140 valence electrons. The Morgan fingerprint density at radius 3 is 2.44 bits per heavy atom. The topological polar surface area (TPSA) is 52.7 Å². The number of hydrogen-bond acceptors (Lipinski definition) is 3. The van der Waals surface area contributed by atoms with Crippen molar-refractivity contribution in [2.24, 2.45) is 0 Å². The van der Waals surface area contributed by atoms with Crippen molar-refractivity contribution in [2.45, 2.75) is 25.9 Å². The maximum Gasteiger partial charge on any atom is 0.252 e. The molecule has 1 heterocycles. The first kappa shape index (κ1) is 19.3. The van der Waals surface area contributed by atoms with Gasteiger partial charge in [0.05, 0.1) is 6.42 Å². The van der Waals surface area contributed by atoms with Crippen molar-refractivity contribution in [3.8, 4) is 0 Å². The van der Waals surface area contributed by atoms with E-state index in [2.05, 4.69) is 5.32 Å². The van der Waals surface area contributed by atoms with Gasteiger partial charge in [0.25, 0.3) is 5.91 Å². The van der Waals surface area contributed by atoms with E-state index in [-0.39, 0.29) is 18.2 Å². The third-order valence-electron chi connectivity index (χ3n) is 4.42. The molecule has 1 atom stereocenters. The molecule has 0 aliphatic carbocycles. The zero-order chi connectivity index (χ0) is 19.4. The van der Waals surface area contributed by atoms with Gasteiger partial charge < -0.3 is 10.2 Å². The molecule has 1 saturated heterocycles. The van der Waals surface area contributed by atoms with Gasteiger partial charge in [0.1, 0.15) is 6.04 Å². The second kappa shape index (κ2) is 8.50. The van der Waals surface area contributed by atoms with Crippen LogP contribution in [0.15, 0.2) is 54.6 Å². The molecule has 0 radical (unpaired) electrons. The van der Waals surface area contributed by atoms with Crippen LogP contribution in [0.2, 0.25) is 5.02 Å². The quantitative estimate of drug-likeness (QED) is 0.750. The van der Waals surface area contributed by atoms with E-state index in [0.717, 1.165) is 5.56 Å². The fourth-order valence-corrected chi connectivity index (χ4v) is 3.59. The standard InChI is InChI=1S/C20H20ClN3O2S/c1-2-23-19(26)17(12-18(25)22-16-6-4-3-5-7-16)24(20(23)27)13-14-8-10-15(21)11-9-14/h3-11,17H,2,12-13H2,1H3,(H,22,25)/t17-/m1/s1. The van der Waals surface area contributed by atoms with Gasteiger partial charge in [-0.2, -0.15) is 0 Å². The molecule has 0 spiro atoms. The Hall–Kier alpha value is -2.44. The summed E-state index contributed by atoms with van der Waals surface area (Å²) in [7, 11) is 0. The van der Waals surface area contributed by atoms with Gasteiger partial charge in [0, 0.05) is 23.8 Å². The Morgan fingerprint density at radius 2 is 1.81 bits per heavy atom. The van der Waals surface area contributed by atoms with Crippen LogP contribution in [-0.4, -0.2) is 39.3 Å². The summed E-state index contributed by atoms with van der Waals surface area (Å²) < 4.78 is 0. The van der Waals surface area contributed by atoms with Crippen molar-refractivity contribution in [3.05, 3.63) is 65.2 Å². The number of benzene rings is 2. The second-order valence-electron chi connectivity index (χ2n) is 6.25. The van der Waals surface area contributed by atoms with Crippen LogP contribution in [0.5, 0.6) is 0 Å². The Bertz CT molecular complexity index is 842. The minimum atomic E-state index is -0.614. The van der Waals surface area contributed by atoms with E-state index in [9.17, 15) is 9.59 Å². The molecule has 2 amide bonds. The van der Waals surface area contributed by atoms with Crippen LogP contribution < -0.4 is 5.32 Å². The SMILES string of the molecule is CCN1C(=O)[C@@H](CC(=O)Nc2ccccc2)N(Cc2ccc(Cl)cc2)C1=S. The molecule has 3 rings (SSSR count). The van der Waals surface area contributed by atoms with Crippen molar-refractivity contribution in [2.75, 3.05) is 11.9 Å². The predicted molar refractivity (Wildman–Crippen MR) is 110 cm³/mol. The zero-order valence-corrected chi connectivity index (χ0v) is 16.5. The molecule has 1 aliphatic rings. The number of nitrogens with zero attached hydrogens (tertiary/aromatic N) is 2. The van der Waals surface area contributed by atoms with Crippen LogP contribution in [0.1, 0.15) is 18.9 Å². The smallest absolute Gasteiger partial charge is 0.252 e. The highest BCUT2D eigenvalue weighted by atomic mass is 35.5. The summed E-state index contributed by atoms with van der Waals surface area (Å²) in [6, 6.07) is 16.0. The third-order valence-corrected chi connectivity index (χ3v) is 5.13. The van der Waals surface area contributed by atoms with Crippen LogP contribution in [0.3, 0.4) is 0 Å². The fraction of sp³-hybridized carbons (Fsp3) is 0.250. The molecule has 0 bridgehead atoms. The van der Waals surface area contributed by atoms with Crippen LogP contribution in [0.25, 0.3) is 0 Å². The molecular formula is C20H20ClN3O2S. The van der Waals surface area contributed by atoms with E-state index in [1.807, 2.05) is 54.3 Å². The Kier molecular flexibility index (Phi) is 6.08. The molecule has 5 nitrogen and oxygen atoms in total. The van der Waals surface area contributed by atoms with Crippen LogP contribution in [0.4, 0.5) is 5.69 Å². The number of rotatable bonds is 6. The summed E-state index contributed by atoms with van der Waals surface area (Å²) in [4.78, 5) is 28.6. The van der Waals surface area contributed by atoms with Crippen molar-refractivity contribution in [1.29, 1.82) is 0 Å². The lowest BCUT2D eigenvalue weighted by Gasteiger charge is -2.24. The van der Waals surface area contributed by atoms with Gasteiger partial charge in [-0.05, 0) is 49.0 Å². The summed E-state index contributed by atoms with van der Waals surface area (Å²) in [6.07, 6.45) is 0.0396. The molecule has 7 heteroatoms. The normalized spacial score (nSPS) is 16.7. The van der Waals surface area contributed by atoms with Crippen molar-refractivity contribution in [3.63, 3.8) is 0 Å². The van der Waals surface area contributed by atoms with E-state index in [4.69, 9.17) is 23.8 Å². The van der Waals surface area contributed by atoms with Crippen molar-refractivity contribution >= 4 is 46.4 Å². The molecule has 2 aromatic rings. The molecule has 1 fully saturated rings. The monoisotopic (exact) mass is 401 g/mol. The van der Waals surface area contributed by atoms with Gasteiger partial charge >= 0.3 is 0 Å². The van der Waals surface area contributed by atoms with Gasteiger partial charge in [0.2, 0.25) is 5.91 Å². The second-order valence-corrected chi connectivity index (χ2v) is 7.06. The van der Waals surface area contributed by atoms with Gasteiger partial charge in [0.15, 0.2) is 5.11 Å².